The third-order valence-corrected chi connectivity index (χ3v) is 3.00. The van der Waals surface area contributed by atoms with Gasteiger partial charge in [-0.2, -0.15) is 0 Å². The normalized spacial score (nSPS) is 10.4. The van der Waals surface area contributed by atoms with E-state index >= 15 is 0 Å². The number of benzene rings is 1. The zero-order chi connectivity index (χ0) is 15.3. The van der Waals surface area contributed by atoms with Crippen LogP contribution in [0.3, 0.4) is 0 Å². The highest BCUT2D eigenvalue weighted by Gasteiger charge is 2.20. The Morgan fingerprint density at radius 3 is 2.55 bits per heavy atom. The molecule has 2 N–H and O–H groups in total. The second-order valence-corrected chi connectivity index (χ2v) is 5.08. The van der Waals surface area contributed by atoms with Crippen molar-refractivity contribution in [1.29, 1.82) is 0 Å². The monoisotopic (exact) mass is 298 g/mol. The first-order valence-electron chi connectivity index (χ1n) is 6.42. The lowest BCUT2D eigenvalue weighted by Gasteiger charge is -2.25. The maximum absolute atomic E-state index is 11.8. The number of nitrogens with zero attached hydrogens (tertiary/aromatic N) is 1. The topological polar surface area (TPSA) is 69.6 Å². The summed E-state index contributed by atoms with van der Waals surface area (Å²) < 4.78 is 0. The van der Waals surface area contributed by atoms with Crippen LogP contribution in [0.1, 0.15) is 31.1 Å². The van der Waals surface area contributed by atoms with Crippen LogP contribution in [-0.4, -0.2) is 36.1 Å². The molecule has 0 bridgehead atoms. The van der Waals surface area contributed by atoms with Gasteiger partial charge in [0.2, 0.25) is 5.91 Å². The molecule has 6 heteroatoms. The van der Waals surface area contributed by atoms with Gasteiger partial charge in [0, 0.05) is 12.6 Å². The number of rotatable bonds is 6. The molecule has 0 radical (unpaired) electrons. The van der Waals surface area contributed by atoms with Crippen LogP contribution in [-0.2, 0) is 4.79 Å². The molecule has 0 aliphatic rings. The van der Waals surface area contributed by atoms with E-state index in [4.69, 9.17) is 11.6 Å². The molecule has 1 aromatic carbocycles. The minimum absolute atomic E-state index is 0.0337. The molecule has 0 spiro atoms. The Kier molecular flexibility index (Phi) is 5.82. The number of para-hydroxylation sites is 1. The highest BCUT2D eigenvalue weighted by molar-refractivity contribution is 6.34. The van der Waals surface area contributed by atoms with Gasteiger partial charge in [0.05, 0.1) is 22.8 Å². The van der Waals surface area contributed by atoms with Crippen LogP contribution in [0.2, 0.25) is 5.02 Å². The first-order chi connectivity index (χ1) is 9.36. The number of likely N-dealkylation sites (N-methyl/N-ethyl adjacent to an activating group) is 1. The fourth-order valence-electron chi connectivity index (χ4n) is 1.90. The van der Waals surface area contributed by atoms with Crippen molar-refractivity contribution >= 4 is 29.2 Å². The first kappa shape index (κ1) is 16.3. The molecule has 0 aliphatic carbocycles. The van der Waals surface area contributed by atoms with E-state index in [1.807, 2.05) is 20.8 Å². The number of halogens is 1. The lowest BCUT2D eigenvalue weighted by Crippen LogP contribution is -2.40. The average Bonchev–Trinajstić information content (AvgIpc) is 2.35. The fourth-order valence-corrected chi connectivity index (χ4v) is 2.19. The maximum atomic E-state index is 11.8. The zero-order valence-electron chi connectivity index (χ0n) is 11.8. The van der Waals surface area contributed by atoms with Crippen molar-refractivity contribution in [2.45, 2.75) is 26.8 Å². The van der Waals surface area contributed by atoms with Crippen molar-refractivity contribution in [2.24, 2.45) is 0 Å². The van der Waals surface area contributed by atoms with E-state index in [-0.39, 0.29) is 24.1 Å². The molecule has 1 aromatic rings. The van der Waals surface area contributed by atoms with Crippen molar-refractivity contribution in [3.8, 4) is 0 Å². The van der Waals surface area contributed by atoms with E-state index in [9.17, 15) is 14.7 Å². The van der Waals surface area contributed by atoms with E-state index in [2.05, 4.69) is 5.32 Å². The highest BCUT2D eigenvalue weighted by Crippen LogP contribution is 2.29. The van der Waals surface area contributed by atoms with E-state index in [1.165, 1.54) is 6.07 Å². The smallest absolute Gasteiger partial charge is 0.337 e. The number of carboxylic acid groups (broad SMARTS) is 1. The number of carbonyl (C=O) groups is 2. The maximum Gasteiger partial charge on any atom is 0.337 e. The molecule has 1 rings (SSSR count). The summed E-state index contributed by atoms with van der Waals surface area (Å²) in [5, 5.41) is 12.3. The van der Waals surface area contributed by atoms with Gasteiger partial charge in [-0.05, 0) is 32.9 Å². The summed E-state index contributed by atoms with van der Waals surface area (Å²) in [4.78, 5) is 24.8. The predicted molar refractivity (Wildman–Crippen MR) is 79.6 cm³/mol. The zero-order valence-corrected chi connectivity index (χ0v) is 12.6. The molecule has 110 valence electrons. The van der Waals surface area contributed by atoms with E-state index in [0.29, 0.717) is 17.3 Å². The predicted octanol–water partition coefficient (Wildman–Crippen LogP) is 2.39. The summed E-state index contributed by atoms with van der Waals surface area (Å²) in [7, 11) is 0. The fraction of sp³-hybridized carbons (Fsp3) is 0.429. The molecule has 0 heterocycles. The Hall–Kier alpha value is -1.75. The van der Waals surface area contributed by atoms with Crippen LogP contribution in [0, 0.1) is 0 Å². The van der Waals surface area contributed by atoms with Gasteiger partial charge in [0.15, 0.2) is 0 Å². The number of hydrogen-bond donors (Lipinski definition) is 2. The molecule has 0 saturated carbocycles. The molecular formula is C14H19ClN2O3. The minimum Gasteiger partial charge on any atom is -0.478 e. The molecule has 0 saturated heterocycles. The summed E-state index contributed by atoms with van der Waals surface area (Å²) in [5.41, 5.74) is 0.472. The molecule has 1 amide bonds. The second kappa shape index (κ2) is 7.14. The van der Waals surface area contributed by atoms with Crippen LogP contribution in [0.15, 0.2) is 18.2 Å². The lowest BCUT2D eigenvalue weighted by atomic mass is 10.1. The van der Waals surface area contributed by atoms with Crippen LogP contribution < -0.4 is 10.2 Å². The third-order valence-electron chi connectivity index (χ3n) is 2.70. The Morgan fingerprint density at radius 1 is 1.40 bits per heavy atom. The van der Waals surface area contributed by atoms with Gasteiger partial charge < -0.3 is 15.3 Å². The Balaban J connectivity index is 3.06. The highest BCUT2D eigenvalue weighted by atomic mass is 35.5. The van der Waals surface area contributed by atoms with Gasteiger partial charge in [-0.25, -0.2) is 4.79 Å². The van der Waals surface area contributed by atoms with Crippen LogP contribution >= 0.6 is 11.6 Å². The molecule has 0 unspecified atom stereocenters. The number of anilines is 1. The number of carboxylic acids is 1. The molecular weight excluding hydrogens is 280 g/mol. The molecule has 0 fully saturated rings. The van der Waals surface area contributed by atoms with Crippen LogP contribution in [0.5, 0.6) is 0 Å². The summed E-state index contributed by atoms with van der Waals surface area (Å²) >= 11 is 6.10. The third kappa shape index (κ3) is 4.13. The number of nitrogens with one attached hydrogen (secondary N) is 1. The average molecular weight is 299 g/mol. The molecule has 0 aliphatic heterocycles. The van der Waals surface area contributed by atoms with Crippen LogP contribution in [0.25, 0.3) is 0 Å². The molecule has 0 aromatic heterocycles. The number of hydrogen-bond acceptors (Lipinski definition) is 3. The molecule has 0 atom stereocenters. The van der Waals surface area contributed by atoms with Gasteiger partial charge >= 0.3 is 5.97 Å². The Morgan fingerprint density at radius 2 is 2.05 bits per heavy atom. The van der Waals surface area contributed by atoms with E-state index in [1.54, 1.807) is 17.0 Å². The lowest BCUT2D eigenvalue weighted by molar-refractivity contribution is -0.120. The van der Waals surface area contributed by atoms with Crippen molar-refractivity contribution in [3.05, 3.63) is 28.8 Å². The standard InChI is InChI=1S/C14H19ClN2O3/c1-4-17(8-12(18)16-9(2)3)13-10(14(19)20)6-5-7-11(13)15/h5-7,9H,4,8H2,1-3H3,(H,16,18)(H,19,20). The number of amides is 1. The Labute approximate surface area is 123 Å². The largest absolute Gasteiger partial charge is 0.478 e. The Bertz CT molecular complexity index is 503. The van der Waals surface area contributed by atoms with Crippen LogP contribution in [0.4, 0.5) is 5.69 Å². The van der Waals surface area contributed by atoms with Crippen molar-refractivity contribution in [1.82, 2.24) is 5.32 Å². The van der Waals surface area contributed by atoms with Crippen molar-refractivity contribution in [3.63, 3.8) is 0 Å². The first-order valence-corrected chi connectivity index (χ1v) is 6.80. The summed E-state index contributed by atoms with van der Waals surface area (Å²) in [6.07, 6.45) is 0. The van der Waals surface area contributed by atoms with Crippen molar-refractivity contribution < 1.29 is 14.7 Å². The van der Waals surface area contributed by atoms with E-state index < -0.39 is 5.97 Å². The SMILES string of the molecule is CCN(CC(=O)NC(C)C)c1c(Cl)cccc1C(=O)O. The van der Waals surface area contributed by atoms with Gasteiger partial charge in [-0.1, -0.05) is 17.7 Å². The second-order valence-electron chi connectivity index (χ2n) is 4.68. The molecule has 20 heavy (non-hydrogen) atoms. The quantitative estimate of drug-likeness (QED) is 0.846. The molecule has 5 nitrogen and oxygen atoms in total. The number of carbonyl (C=O) groups excluding carboxylic acids is 1. The van der Waals surface area contributed by atoms with Gasteiger partial charge in [-0.15, -0.1) is 0 Å². The van der Waals surface area contributed by atoms with E-state index in [0.717, 1.165) is 0 Å². The van der Waals surface area contributed by atoms with Gasteiger partial charge in [0.1, 0.15) is 0 Å². The minimum atomic E-state index is -1.06. The van der Waals surface area contributed by atoms with Crippen molar-refractivity contribution in [2.75, 3.05) is 18.0 Å². The summed E-state index contributed by atoms with van der Waals surface area (Å²) in [6.45, 7) is 6.13. The summed E-state index contributed by atoms with van der Waals surface area (Å²) in [6, 6.07) is 4.71. The van der Waals surface area contributed by atoms with Gasteiger partial charge in [-0.3, -0.25) is 4.79 Å². The number of aromatic carboxylic acids is 1. The van der Waals surface area contributed by atoms with Gasteiger partial charge in [0.25, 0.3) is 0 Å². The summed E-state index contributed by atoms with van der Waals surface area (Å²) in [5.74, 6) is -1.23.